The van der Waals surface area contributed by atoms with E-state index in [1.54, 1.807) is 0 Å². The van der Waals surface area contributed by atoms with E-state index in [-0.39, 0.29) is 0 Å². The van der Waals surface area contributed by atoms with Gasteiger partial charge in [-0.3, -0.25) is 0 Å². The maximum absolute atomic E-state index is 5.99. The van der Waals surface area contributed by atoms with Crippen molar-refractivity contribution in [2.45, 2.75) is 31.7 Å². The molecule has 1 fully saturated rings. The van der Waals surface area contributed by atoms with E-state index in [2.05, 4.69) is 18.2 Å². The van der Waals surface area contributed by atoms with E-state index in [0.717, 1.165) is 5.92 Å². The van der Waals surface area contributed by atoms with Gasteiger partial charge in [0.15, 0.2) is 0 Å². The first kappa shape index (κ1) is 7.11. The lowest BCUT2D eigenvalue weighted by molar-refractivity contribution is 0.418. The Balaban J connectivity index is 2.20. The van der Waals surface area contributed by atoms with Crippen LogP contribution in [0.5, 0.6) is 0 Å². The van der Waals surface area contributed by atoms with Crippen LogP contribution >= 0.6 is 0 Å². The van der Waals surface area contributed by atoms with Crippen molar-refractivity contribution in [1.29, 1.82) is 0 Å². The predicted molar refractivity (Wildman–Crippen MR) is 47.2 cm³/mol. The fourth-order valence-corrected chi connectivity index (χ4v) is 2.16. The fraction of sp³-hybridized carbons (Fsp3) is 0.600. The van der Waals surface area contributed by atoms with Crippen LogP contribution in [0.2, 0.25) is 0 Å². The molecule has 2 aliphatic rings. The molecule has 11 heavy (non-hydrogen) atoms. The maximum atomic E-state index is 5.99. The highest BCUT2D eigenvalue weighted by atomic mass is 14.6. The van der Waals surface area contributed by atoms with Crippen LogP contribution in [0.15, 0.2) is 23.8 Å². The Labute approximate surface area is 68.0 Å². The highest BCUT2D eigenvalue weighted by molar-refractivity contribution is 5.26. The van der Waals surface area contributed by atoms with Gasteiger partial charge in [0.05, 0.1) is 0 Å². The summed E-state index contributed by atoms with van der Waals surface area (Å²) in [6.07, 6.45) is 11.7. The zero-order chi connectivity index (χ0) is 7.68. The van der Waals surface area contributed by atoms with Gasteiger partial charge >= 0.3 is 0 Å². The molecule has 60 valence electrons. The van der Waals surface area contributed by atoms with E-state index < -0.39 is 0 Å². The molecule has 2 atom stereocenters. The van der Waals surface area contributed by atoms with Crippen LogP contribution in [0.25, 0.3) is 0 Å². The van der Waals surface area contributed by atoms with Gasteiger partial charge in [0.2, 0.25) is 0 Å². The molecule has 2 rings (SSSR count). The van der Waals surface area contributed by atoms with Gasteiger partial charge < -0.3 is 5.73 Å². The summed E-state index contributed by atoms with van der Waals surface area (Å²) in [6.45, 7) is 0. The quantitative estimate of drug-likeness (QED) is 0.560. The number of nitrogens with two attached hydrogens (primary N) is 1. The van der Waals surface area contributed by atoms with E-state index in [1.165, 1.54) is 31.3 Å². The van der Waals surface area contributed by atoms with Crippen molar-refractivity contribution in [3.63, 3.8) is 0 Å². The van der Waals surface area contributed by atoms with E-state index in [1.807, 2.05) is 0 Å². The minimum Gasteiger partial charge on any atom is -0.324 e. The summed E-state index contributed by atoms with van der Waals surface area (Å²) in [4.78, 5) is 0. The van der Waals surface area contributed by atoms with Crippen molar-refractivity contribution < 1.29 is 0 Å². The average Bonchev–Trinajstić information content (AvgIpc) is 2.06. The summed E-state index contributed by atoms with van der Waals surface area (Å²) < 4.78 is 0. The first-order valence-electron chi connectivity index (χ1n) is 4.50. The van der Waals surface area contributed by atoms with Crippen molar-refractivity contribution in [3.05, 3.63) is 23.8 Å². The third kappa shape index (κ3) is 1.25. The van der Waals surface area contributed by atoms with Crippen molar-refractivity contribution in [3.8, 4) is 0 Å². The van der Waals surface area contributed by atoms with Gasteiger partial charge in [-0.05, 0) is 25.2 Å². The van der Waals surface area contributed by atoms with Gasteiger partial charge in [0, 0.05) is 6.04 Å². The SMILES string of the molecule is N[C@H]1CCCC2CC=CC=C21. The van der Waals surface area contributed by atoms with Crippen LogP contribution in [-0.2, 0) is 0 Å². The summed E-state index contributed by atoms with van der Waals surface area (Å²) in [5, 5.41) is 0. The molecule has 0 aromatic carbocycles. The molecule has 0 aliphatic heterocycles. The summed E-state index contributed by atoms with van der Waals surface area (Å²) in [6, 6.07) is 0.360. The monoisotopic (exact) mass is 149 g/mol. The number of hydrogen-bond donors (Lipinski definition) is 1. The Bertz CT molecular complexity index is 203. The van der Waals surface area contributed by atoms with Crippen molar-refractivity contribution in [2.24, 2.45) is 11.7 Å². The van der Waals surface area contributed by atoms with E-state index in [4.69, 9.17) is 5.73 Å². The van der Waals surface area contributed by atoms with Crippen LogP contribution in [0.4, 0.5) is 0 Å². The molecule has 0 bridgehead atoms. The first-order chi connectivity index (χ1) is 5.38. The molecule has 1 saturated carbocycles. The molecule has 0 radical (unpaired) electrons. The molecule has 0 saturated heterocycles. The Kier molecular flexibility index (Phi) is 1.82. The molecule has 2 aliphatic carbocycles. The summed E-state index contributed by atoms with van der Waals surface area (Å²) in [5.41, 5.74) is 7.49. The molecular formula is C10H15N. The van der Waals surface area contributed by atoms with E-state index in [0.29, 0.717) is 6.04 Å². The Hall–Kier alpha value is -0.560. The minimum atomic E-state index is 0.360. The van der Waals surface area contributed by atoms with Crippen LogP contribution in [0, 0.1) is 5.92 Å². The Morgan fingerprint density at radius 1 is 1.36 bits per heavy atom. The second-order valence-electron chi connectivity index (χ2n) is 3.56. The summed E-state index contributed by atoms with van der Waals surface area (Å²) >= 11 is 0. The molecule has 0 spiro atoms. The summed E-state index contributed by atoms with van der Waals surface area (Å²) in [5.74, 6) is 0.781. The number of hydrogen-bond acceptors (Lipinski definition) is 1. The summed E-state index contributed by atoms with van der Waals surface area (Å²) in [7, 11) is 0. The van der Waals surface area contributed by atoms with Crippen LogP contribution in [-0.4, -0.2) is 6.04 Å². The predicted octanol–water partition coefficient (Wildman–Crippen LogP) is 2.00. The lowest BCUT2D eigenvalue weighted by Crippen LogP contribution is -2.31. The third-order valence-electron chi connectivity index (χ3n) is 2.81. The van der Waals surface area contributed by atoms with E-state index in [9.17, 15) is 0 Å². The molecule has 0 aromatic rings. The third-order valence-corrected chi connectivity index (χ3v) is 2.81. The first-order valence-corrected chi connectivity index (χ1v) is 4.50. The topological polar surface area (TPSA) is 26.0 Å². The smallest absolute Gasteiger partial charge is 0.0259 e. The highest BCUT2D eigenvalue weighted by Crippen LogP contribution is 2.33. The zero-order valence-electron chi connectivity index (χ0n) is 6.79. The molecule has 2 N–H and O–H groups in total. The van der Waals surface area contributed by atoms with Gasteiger partial charge in [-0.25, -0.2) is 0 Å². The molecule has 0 aromatic heterocycles. The molecular weight excluding hydrogens is 134 g/mol. The second-order valence-corrected chi connectivity index (χ2v) is 3.56. The average molecular weight is 149 g/mol. The van der Waals surface area contributed by atoms with Gasteiger partial charge in [-0.15, -0.1) is 0 Å². The molecule has 0 amide bonds. The number of allylic oxidation sites excluding steroid dienone is 3. The standard InChI is InChI=1S/C10H15N/c11-10-7-3-5-8-4-1-2-6-9(8)10/h1-2,6,8,10H,3-5,7,11H2/t8?,10-/m0/s1. The van der Waals surface area contributed by atoms with Gasteiger partial charge in [0.1, 0.15) is 0 Å². The number of fused-ring (bicyclic) bond motifs is 1. The number of rotatable bonds is 0. The van der Waals surface area contributed by atoms with Crippen molar-refractivity contribution >= 4 is 0 Å². The van der Waals surface area contributed by atoms with Crippen LogP contribution < -0.4 is 5.73 Å². The maximum Gasteiger partial charge on any atom is 0.0259 e. The molecule has 1 nitrogen and oxygen atoms in total. The lowest BCUT2D eigenvalue weighted by Gasteiger charge is -2.31. The Morgan fingerprint density at radius 2 is 2.27 bits per heavy atom. The van der Waals surface area contributed by atoms with E-state index >= 15 is 0 Å². The van der Waals surface area contributed by atoms with Gasteiger partial charge in [0.25, 0.3) is 0 Å². The minimum absolute atomic E-state index is 0.360. The molecule has 0 heterocycles. The molecule has 1 unspecified atom stereocenters. The Morgan fingerprint density at radius 3 is 3.09 bits per heavy atom. The highest BCUT2D eigenvalue weighted by Gasteiger charge is 2.24. The second kappa shape index (κ2) is 2.82. The van der Waals surface area contributed by atoms with Gasteiger partial charge in [-0.1, -0.05) is 30.2 Å². The van der Waals surface area contributed by atoms with Gasteiger partial charge in [-0.2, -0.15) is 0 Å². The molecule has 1 heteroatoms. The largest absolute Gasteiger partial charge is 0.324 e. The van der Waals surface area contributed by atoms with Crippen LogP contribution in [0.1, 0.15) is 25.7 Å². The lowest BCUT2D eigenvalue weighted by atomic mass is 9.77. The normalized spacial score (nSPS) is 36.3. The van der Waals surface area contributed by atoms with Crippen molar-refractivity contribution in [2.75, 3.05) is 0 Å². The van der Waals surface area contributed by atoms with Crippen LogP contribution in [0.3, 0.4) is 0 Å². The zero-order valence-corrected chi connectivity index (χ0v) is 6.79. The fourth-order valence-electron chi connectivity index (χ4n) is 2.16. The van der Waals surface area contributed by atoms with Crippen molar-refractivity contribution in [1.82, 2.24) is 0 Å².